The molecule has 0 amide bonds. The number of anilines is 2. The van der Waals surface area contributed by atoms with Gasteiger partial charge in [-0.15, -0.1) is 0 Å². The molecule has 0 aliphatic heterocycles. The Bertz CT molecular complexity index is 1170. The molecule has 0 saturated heterocycles. The number of fused-ring (bicyclic) bond motifs is 1. The van der Waals surface area contributed by atoms with E-state index in [9.17, 15) is 13.2 Å². The second kappa shape index (κ2) is 7.04. The third kappa shape index (κ3) is 3.82. The number of nitrogens with one attached hydrogen (secondary N) is 1. The highest BCUT2D eigenvalue weighted by Gasteiger charge is 2.30. The number of pyridine rings is 3. The fraction of sp³-hybridized carbons (Fsp3) is 0.158. The number of nitrogens with zero attached hydrogens (tertiary/aromatic N) is 5. The van der Waals surface area contributed by atoms with Gasteiger partial charge in [-0.25, -0.2) is 9.97 Å². The van der Waals surface area contributed by atoms with Crippen LogP contribution in [-0.4, -0.2) is 24.5 Å². The van der Waals surface area contributed by atoms with E-state index >= 15 is 0 Å². The molecule has 4 rings (SSSR count). The average Bonchev–Trinajstić information content (AvgIpc) is 3.05. The molecule has 0 aliphatic carbocycles. The van der Waals surface area contributed by atoms with Crippen molar-refractivity contribution < 1.29 is 17.9 Å². The van der Waals surface area contributed by atoms with E-state index in [-0.39, 0.29) is 11.7 Å². The minimum atomic E-state index is -4.45. The molecule has 4 aromatic heterocycles. The van der Waals surface area contributed by atoms with Crippen LogP contribution in [0.15, 0.2) is 49.2 Å². The second-order valence-corrected chi connectivity index (χ2v) is 6.33. The number of imidazole rings is 1. The van der Waals surface area contributed by atoms with Crippen LogP contribution in [0.1, 0.15) is 11.1 Å². The van der Waals surface area contributed by atoms with E-state index in [0.29, 0.717) is 22.6 Å². The highest BCUT2D eigenvalue weighted by molar-refractivity contribution is 5.88. The second-order valence-electron chi connectivity index (χ2n) is 6.33. The van der Waals surface area contributed by atoms with Gasteiger partial charge in [0, 0.05) is 25.5 Å². The van der Waals surface area contributed by atoms with Gasteiger partial charge in [0.05, 0.1) is 23.8 Å². The van der Waals surface area contributed by atoms with Crippen molar-refractivity contribution in [3.63, 3.8) is 0 Å². The fourth-order valence-corrected chi connectivity index (χ4v) is 2.66. The smallest absolute Gasteiger partial charge is 0.417 e. The molecule has 29 heavy (non-hydrogen) atoms. The van der Waals surface area contributed by atoms with Crippen LogP contribution in [-0.2, 0) is 13.2 Å². The van der Waals surface area contributed by atoms with Crippen LogP contribution >= 0.6 is 0 Å². The van der Waals surface area contributed by atoms with Crippen LogP contribution in [0, 0.1) is 6.92 Å². The van der Waals surface area contributed by atoms with Gasteiger partial charge in [0.25, 0.3) is 0 Å². The predicted octanol–water partition coefficient (Wildman–Crippen LogP) is 4.62. The molecule has 0 atom stereocenters. The Morgan fingerprint density at radius 2 is 1.93 bits per heavy atom. The SMILES string of the molecule is Cc1ccncc1Oc1cc(Nc2ccc(C(F)(F)F)cn2)c2ncn(C)c2n1. The lowest BCUT2D eigenvalue weighted by atomic mass is 10.2. The van der Waals surface area contributed by atoms with Crippen molar-refractivity contribution in [3.8, 4) is 11.6 Å². The molecule has 10 heteroatoms. The zero-order chi connectivity index (χ0) is 20.6. The minimum Gasteiger partial charge on any atom is -0.437 e. The van der Waals surface area contributed by atoms with Gasteiger partial charge in [-0.3, -0.25) is 4.98 Å². The van der Waals surface area contributed by atoms with Gasteiger partial charge in [0.1, 0.15) is 11.3 Å². The van der Waals surface area contributed by atoms with Crippen molar-refractivity contribution >= 4 is 22.7 Å². The number of rotatable bonds is 4. The van der Waals surface area contributed by atoms with Crippen LogP contribution in [0.4, 0.5) is 24.7 Å². The first-order chi connectivity index (χ1) is 13.8. The number of ether oxygens (including phenoxy) is 1. The maximum Gasteiger partial charge on any atom is 0.417 e. The van der Waals surface area contributed by atoms with Crippen molar-refractivity contribution in [2.75, 3.05) is 5.32 Å². The third-order valence-electron chi connectivity index (χ3n) is 4.20. The Hall–Kier alpha value is -3.69. The first-order valence-corrected chi connectivity index (χ1v) is 8.52. The van der Waals surface area contributed by atoms with E-state index in [1.54, 1.807) is 36.4 Å². The molecule has 0 aliphatic rings. The topological polar surface area (TPSA) is 77.8 Å². The van der Waals surface area contributed by atoms with E-state index in [1.807, 2.05) is 13.0 Å². The highest BCUT2D eigenvalue weighted by Crippen LogP contribution is 2.32. The molecule has 0 saturated carbocycles. The molecule has 148 valence electrons. The lowest BCUT2D eigenvalue weighted by Crippen LogP contribution is -2.06. The van der Waals surface area contributed by atoms with Crippen LogP contribution in [0.2, 0.25) is 0 Å². The third-order valence-corrected chi connectivity index (χ3v) is 4.20. The molecule has 1 N–H and O–H groups in total. The summed E-state index contributed by atoms with van der Waals surface area (Å²) in [7, 11) is 1.78. The Balaban J connectivity index is 1.71. The highest BCUT2D eigenvalue weighted by atomic mass is 19.4. The van der Waals surface area contributed by atoms with Crippen molar-refractivity contribution in [1.29, 1.82) is 0 Å². The van der Waals surface area contributed by atoms with Gasteiger partial charge in [-0.1, -0.05) is 0 Å². The Morgan fingerprint density at radius 3 is 2.62 bits per heavy atom. The fourth-order valence-electron chi connectivity index (χ4n) is 2.66. The zero-order valence-electron chi connectivity index (χ0n) is 15.4. The number of halogens is 3. The lowest BCUT2D eigenvalue weighted by Gasteiger charge is -2.12. The number of hydrogen-bond donors (Lipinski definition) is 1. The Morgan fingerprint density at radius 1 is 1.10 bits per heavy atom. The summed E-state index contributed by atoms with van der Waals surface area (Å²) in [5.74, 6) is 1.06. The summed E-state index contributed by atoms with van der Waals surface area (Å²) >= 11 is 0. The number of hydrogen-bond acceptors (Lipinski definition) is 6. The van der Waals surface area contributed by atoms with Gasteiger partial charge in [-0.05, 0) is 30.7 Å². The molecular formula is C19H15F3N6O. The van der Waals surface area contributed by atoms with E-state index < -0.39 is 11.7 Å². The molecule has 0 unspecified atom stereocenters. The molecule has 4 heterocycles. The molecule has 0 spiro atoms. The number of aromatic nitrogens is 5. The van der Waals surface area contributed by atoms with Crippen molar-refractivity contribution in [3.05, 3.63) is 60.3 Å². The molecule has 0 bridgehead atoms. The van der Waals surface area contributed by atoms with Crippen molar-refractivity contribution in [2.24, 2.45) is 7.05 Å². The summed E-state index contributed by atoms with van der Waals surface area (Å²) < 4.78 is 45.8. The van der Waals surface area contributed by atoms with E-state index in [4.69, 9.17) is 4.74 Å². The molecule has 0 aromatic carbocycles. The summed E-state index contributed by atoms with van der Waals surface area (Å²) in [6, 6.07) is 5.64. The summed E-state index contributed by atoms with van der Waals surface area (Å²) in [5.41, 5.74) is 1.63. The normalized spacial score (nSPS) is 11.6. The first-order valence-electron chi connectivity index (χ1n) is 8.52. The maximum atomic E-state index is 12.7. The van der Waals surface area contributed by atoms with Crippen LogP contribution in [0.25, 0.3) is 11.2 Å². The molecule has 0 fully saturated rings. The standard InChI is InChI=1S/C19H15F3N6O/c1-11-5-6-23-9-14(11)29-16-7-13(17-18(27-16)28(2)10-25-17)26-15-4-3-12(8-24-15)19(20,21)22/h3-10H,1-2H3,(H,24,26,27). The van der Waals surface area contributed by atoms with Crippen LogP contribution < -0.4 is 10.1 Å². The van der Waals surface area contributed by atoms with Crippen molar-refractivity contribution in [2.45, 2.75) is 13.1 Å². The van der Waals surface area contributed by atoms with E-state index in [0.717, 1.165) is 17.8 Å². The quantitative estimate of drug-likeness (QED) is 0.539. The Kier molecular flexibility index (Phi) is 4.53. The summed E-state index contributed by atoms with van der Waals surface area (Å²) in [6.07, 6.45) is 1.15. The van der Waals surface area contributed by atoms with Gasteiger partial charge < -0.3 is 14.6 Å². The molecule has 7 nitrogen and oxygen atoms in total. The summed E-state index contributed by atoms with van der Waals surface area (Å²) in [4.78, 5) is 16.6. The van der Waals surface area contributed by atoms with Gasteiger partial charge >= 0.3 is 6.18 Å². The Labute approximate surface area is 163 Å². The summed E-state index contributed by atoms with van der Waals surface area (Å²) in [5, 5.41) is 2.99. The molecule has 4 aromatic rings. The molecular weight excluding hydrogens is 385 g/mol. The van der Waals surface area contributed by atoms with Gasteiger partial charge in [-0.2, -0.15) is 18.2 Å². The van der Waals surface area contributed by atoms with Crippen molar-refractivity contribution in [1.82, 2.24) is 24.5 Å². The maximum absolute atomic E-state index is 12.7. The summed E-state index contributed by atoms with van der Waals surface area (Å²) in [6.45, 7) is 1.88. The predicted molar refractivity (Wildman–Crippen MR) is 100 cm³/mol. The first kappa shape index (κ1) is 18.7. The average molecular weight is 400 g/mol. The van der Waals surface area contributed by atoms with Gasteiger partial charge in [0.2, 0.25) is 5.88 Å². The largest absolute Gasteiger partial charge is 0.437 e. The van der Waals surface area contributed by atoms with Gasteiger partial charge in [0.15, 0.2) is 11.4 Å². The van der Waals surface area contributed by atoms with Crippen LogP contribution in [0.5, 0.6) is 11.6 Å². The number of alkyl halides is 3. The monoisotopic (exact) mass is 400 g/mol. The minimum absolute atomic E-state index is 0.236. The zero-order valence-corrected chi connectivity index (χ0v) is 15.4. The number of aryl methyl sites for hydroxylation is 2. The van der Waals surface area contributed by atoms with E-state index in [2.05, 4.69) is 25.3 Å². The lowest BCUT2D eigenvalue weighted by molar-refractivity contribution is -0.137. The van der Waals surface area contributed by atoms with E-state index in [1.165, 1.54) is 6.07 Å². The van der Waals surface area contributed by atoms with Crippen LogP contribution in [0.3, 0.4) is 0 Å². The molecule has 0 radical (unpaired) electrons.